The molecule has 108 valence electrons. The second-order valence-corrected chi connectivity index (χ2v) is 7.19. The van der Waals surface area contributed by atoms with E-state index in [0.29, 0.717) is 4.47 Å². The summed E-state index contributed by atoms with van der Waals surface area (Å²) < 4.78 is 27.4. The van der Waals surface area contributed by atoms with Gasteiger partial charge in [-0.15, -0.1) is 0 Å². The molecule has 0 radical (unpaired) electrons. The molecule has 0 saturated carbocycles. The van der Waals surface area contributed by atoms with Gasteiger partial charge in [-0.05, 0) is 40.2 Å². The zero-order chi connectivity index (χ0) is 15.6. The molecule has 5 nitrogen and oxygen atoms in total. The Morgan fingerprint density at radius 1 is 1.29 bits per heavy atom. The van der Waals surface area contributed by atoms with E-state index in [9.17, 15) is 8.42 Å². The van der Waals surface area contributed by atoms with E-state index < -0.39 is 10.0 Å². The highest BCUT2D eigenvalue weighted by atomic mass is 79.9. The van der Waals surface area contributed by atoms with Gasteiger partial charge in [0.05, 0.1) is 16.3 Å². The van der Waals surface area contributed by atoms with Gasteiger partial charge in [0.25, 0.3) is 10.0 Å². The Morgan fingerprint density at radius 2 is 2.00 bits per heavy atom. The highest BCUT2D eigenvalue weighted by molar-refractivity contribution is 9.10. The van der Waals surface area contributed by atoms with Gasteiger partial charge in [-0.3, -0.25) is 4.72 Å². The van der Waals surface area contributed by atoms with Crippen molar-refractivity contribution in [2.75, 3.05) is 4.72 Å². The first-order valence-electron chi connectivity index (χ1n) is 5.37. The quantitative estimate of drug-likeness (QED) is 0.785. The van der Waals surface area contributed by atoms with Crippen molar-refractivity contribution >= 4 is 54.8 Å². The molecule has 9 heteroatoms. The van der Waals surface area contributed by atoms with Crippen molar-refractivity contribution in [1.82, 2.24) is 4.98 Å². The van der Waals surface area contributed by atoms with E-state index in [4.69, 9.17) is 28.5 Å². The summed E-state index contributed by atoms with van der Waals surface area (Å²) in [7, 11) is -3.93. The summed E-state index contributed by atoms with van der Waals surface area (Å²) in [5.74, 6) is 0. The van der Waals surface area contributed by atoms with Crippen LogP contribution < -0.4 is 4.72 Å². The molecule has 1 N–H and O–H groups in total. The van der Waals surface area contributed by atoms with Crippen LogP contribution in [0.1, 0.15) is 5.56 Å². The minimum Gasteiger partial charge on any atom is -0.279 e. The van der Waals surface area contributed by atoms with Crippen LogP contribution in [-0.2, 0) is 10.0 Å². The molecule has 0 spiro atoms. The third kappa shape index (κ3) is 3.66. The second-order valence-electron chi connectivity index (χ2n) is 3.85. The molecule has 0 bridgehead atoms. The summed E-state index contributed by atoms with van der Waals surface area (Å²) in [6.07, 6.45) is 1.39. The number of rotatable bonds is 3. The van der Waals surface area contributed by atoms with Crippen LogP contribution in [0.15, 0.2) is 39.8 Å². The zero-order valence-corrected chi connectivity index (χ0v) is 14.1. The number of pyridine rings is 1. The SMILES string of the molecule is N#Cc1cc(NS(=O)(=O)c2cc(Br)cnc2Cl)ccc1Cl. The summed E-state index contributed by atoms with van der Waals surface area (Å²) >= 11 is 14.7. The smallest absolute Gasteiger partial charge is 0.265 e. The second kappa shape index (κ2) is 6.20. The fraction of sp³-hybridized carbons (Fsp3) is 0. The van der Waals surface area contributed by atoms with Crippen molar-refractivity contribution < 1.29 is 8.42 Å². The minimum absolute atomic E-state index is 0.153. The molecule has 2 rings (SSSR count). The van der Waals surface area contributed by atoms with Crippen molar-refractivity contribution in [2.24, 2.45) is 0 Å². The fourth-order valence-corrected chi connectivity index (χ4v) is 3.63. The highest BCUT2D eigenvalue weighted by Gasteiger charge is 2.20. The number of halogens is 3. The largest absolute Gasteiger partial charge is 0.279 e. The summed E-state index contributed by atoms with van der Waals surface area (Å²) in [4.78, 5) is 3.59. The lowest BCUT2D eigenvalue weighted by Crippen LogP contribution is -2.14. The van der Waals surface area contributed by atoms with Crippen LogP contribution in [0.2, 0.25) is 10.2 Å². The van der Waals surface area contributed by atoms with Gasteiger partial charge in [0.2, 0.25) is 0 Å². The first-order chi connectivity index (χ1) is 9.83. The molecule has 1 aromatic carbocycles. The molecule has 0 aliphatic carbocycles. The van der Waals surface area contributed by atoms with E-state index in [1.54, 1.807) is 0 Å². The monoisotopic (exact) mass is 405 g/mol. The van der Waals surface area contributed by atoms with E-state index in [-0.39, 0.29) is 26.3 Å². The minimum atomic E-state index is -3.93. The lowest BCUT2D eigenvalue weighted by Gasteiger charge is -2.10. The first-order valence-corrected chi connectivity index (χ1v) is 8.40. The Labute approximate surface area is 139 Å². The fourth-order valence-electron chi connectivity index (χ4n) is 1.48. The summed E-state index contributed by atoms with van der Waals surface area (Å²) in [6, 6.07) is 7.41. The number of benzene rings is 1. The molecule has 0 aliphatic rings. The normalized spacial score (nSPS) is 11.0. The summed E-state index contributed by atoms with van der Waals surface area (Å²) in [5, 5.41) is 8.98. The summed E-state index contributed by atoms with van der Waals surface area (Å²) in [6.45, 7) is 0. The Balaban J connectivity index is 2.43. The van der Waals surface area contributed by atoms with Gasteiger partial charge in [0.15, 0.2) is 0 Å². The van der Waals surface area contributed by atoms with Crippen molar-refractivity contribution in [1.29, 1.82) is 5.26 Å². The van der Waals surface area contributed by atoms with Crippen molar-refractivity contribution in [3.63, 3.8) is 0 Å². The number of anilines is 1. The average Bonchev–Trinajstić information content (AvgIpc) is 2.43. The van der Waals surface area contributed by atoms with Crippen molar-refractivity contribution in [3.05, 3.63) is 50.7 Å². The molecule has 0 atom stereocenters. The Kier molecular flexibility index (Phi) is 4.74. The average molecular weight is 407 g/mol. The number of hydrogen-bond donors (Lipinski definition) is 1. The van der Waals surface area contributed by atoms with Crippen LogP contribution >= 0.6 is 39.1 Å². The van der Waals surface area contributed by atoms with E-state index in [2.05, 4.69) is 25.6 Å². The Morgan fingerprint density at radius 3 is 2.67 bits per heavy atom. The molecule has 21 heavy (non-hydrogen) atoms. The zero-order valence-electron chi connectivity index (χ0n) is 10.1. The number of nitriles is 1. The number of hydrogen-bond acceptors (Lipinski definition) is 4. The van der Waals surface area contributed by atoms with Gasteiger partial charge >= 0.3 is 0 Å². The van der Waals surface area contributed by atoms with Crippen LogP contribution in [0.5, 0.6) is 0 Å². The maximum Gasteiger partial charge on any atom is 0.265 e. The number of nitrogens with one attached hydrogen (secondary N) is 1. The van der Waals surface area contributed by atoms with Crippen molar-refractivity contribution in [2.45, 2.75) is 4.90 Å². The lowest BCUT2D eigenvalue weighted by molar-refractivity contribution is 0.601. The highest BCUT2D eigenvalue weighted by Crippen LogP contribution is 2.26. The number of aromatic nitrogens is 1. The maximum absolute atomic E-state index is 12.3. The van der Waals surface area contributed by atoms with E-state index in [0.717, 1.165) is 0 Å². The van der Waals surface area contributed by atoms with Gasteiger partial charge in [-0.1, -0.05) is 23.2 Å². The molecule has 0 fully saturated rings. The van der Waals surface area contributed by atoms with E-state index in [1.165, 1.54) is 30.5 Å². The predicted octanol–water partition coefficient (Wildman–Crippen LogP) is 3.82. The van der Waals surface area contributed by atoms with Crippen LogP contribution in [0.25, 0.3) is 0 Å². The van der Waals surface area contributed by atoms with Crippen LogP contribution in [0, 0.1) is 11.3 Å². The predicted molar refractivity (Wildman–Crippen MR) is 83.9 cm³/mol. The molecule has 0 saturated heterocycles. The van der Waals surface area contributed by atoms with Gasteiger partial charge in [0.1, 0.15) is 16.1 Å². The lowest BCUT2D eigenvalue weighted by atomic mass is 10.2. The topological polar surface area (TPSA) is 82.9 Å². The van der Waals surface area contributed by atoms with Gasteiger partial charge in [-0.25, -0.2) is 13.4 Å². The number of sulfonamides is 1. The molecule has 1 heterocycles. The molecule has 0 unspecified atom stereocenters. The molecular weight excluding hydrogens is 401 g/mol. The van der Waals surface area contributed by atoms with Gasteiger partial charge < -0.3 is 0 Å². The molecule has 0 aliphatic heterocycles. The Hall–Kier alpha value is -1.33. The molecule has 2 aromatic rings. The third-order valence-corrected chi connectivity index (χ3v) is 4.97. The Bertz CT molecular complexity index is 850. The molecule has 1 aromatic heterocycles. The van der Waals surface area contributed by atoms with Gasteiger partial charge in [-0.2, -0.15) is 5.26 Å². The third-order valence-electron chi connectivity index (χ3n) is 2.40. The van der Waals surface area contributed by atoms with Crippen LogP contribution in [0.3, 0.4) is 0 Å². The summed E-state index contributed by atoms with van der Waals surface area (Å²) in [5.41, 5.74) is 0.363. The van der Waals surface area contributed by atoms with Crippen LogP contribution in [-0.4, -0.2) is 13.4 Å². The van der Waals surface area contributed by atoms with Crippen molar-refractivity contribution in [3.8, 4) is 6.07 Å². The number of nitrogens with zero attached hydrogens (tertiary/aromatic N) is 2. The first kappa shape index (κ1) is 16.0. The maximum atomic E-state index is 12.3. The van der Waals surface area contributed by atoms with E-state index >= 15 is 0 Å². The van der Waals surface area contributed by atoms with Crippen LogP contribution in [0.4, 0.5) is 5.69 Å². The molecule has 0 amide bonds. The standard InChI is InChI=1S/C12H6BrCl2N3O2S/c13-8-4-11(12(15)17-6-8)21(19,20)18-9-1-2-10(14)7(3-9)5-16/h1-4,6,18H. The molecular formula is C12H6BrCl2N3O2S. The van der Waals surface area contributed by atoms with E-state index in [1.807, 2.05) is 6.07 Å². The van der Waals surface area contributed by atoms with Gasteiger partial charge in [0, 0.05) is 10.7 Å².